The van der Waals surface area contributed by atoms with Crippen LogP contribution in [0.5, 0.6) is 5.75 Å². The molecule has 2 aromatic heterocycles. The number of ether oxygens (including phenoxy) is 1. The van der Waals surface area contributed by atoms with Gasteiger partial charge in [0.2, 0.25) is 0 Å². The van der Waals surface area contributed by atoms with Gasteiger partial charge in [0.25, 0.3) is 5.91 Å². The van der Waals surface area contributed by atoms with Gasteiger partial charge in [0, 0.05) is 12.6 Å². The Morgan fingerprint density at radius 3 is 2.85 bits per heavy atom. The second kappa shape index (κ2) is 7.63. The molecule has 2 heterocycles. The first-order valence-corrected chi connectivity index (χ1v) is 9.37. The molecule has 0 spiro atoms. The van der Waals surface area contributed by atoms with Crippen molar-refractivity contribution in [2.75, 3.05) is 6.61 Å². The Hall–Kier alpha value is -2.78. The normalized spacial score (nSPS) is 11.7. The van der Waals surface area contributed by atoms with Gasteiger partial charge in [-0.15, -0.1) is 6.58 Å². The van der Waals surface area contributed by atoms with Crippen molar-refractivity contribution in [2.45, 2.75) is 13.5 Å². The minimum atomic E-state index is -0.520. The lowest BCUT2D eigenvalue weighted by Gasteiger charge is -2.04. The van der Waals surface area contributed by atoms with Crippen LogP contribution in [-0.2, 0) is 6.54 Å². The first-order chi connectivity index (χ1) is 12.5. The van der Waals surface area contributed by atoms with Gasteiger partial charge in [-0.3, -0.25) is 14.9 Å². The van der Waals surface area contributed by atoms with Crippen LogP contribution in [0.15, 0.2) is 48.0 Å². The standard InChI is InChI=1S/C17H15N3O4S2/c1-3-9-19-12-6-5-11(24-4-2)10-14(12)26-17(19)18-16(21)13-7-8-15(25-13)20(22)23/h3,5-8,10H,1,4,9H2,2H3. The molecule has 0 atom stereocenters. The highest BCUT2D eigenvalue weighted by Gasteiger charge is 2.15. The van der Waals surface area contributed by atoms with Gasteiger partial charge >= 0.3 is 5.00 Å². The number of thiophene rings is 1. The fourth-order valence-electron chi connectivity index (χ4n) is 2.38. The summed E-state index contributed by atoms with van der Waals surface area (Å²) in [5, 5.41) is 10.7. The first kappa shape index (κ1) is 18.0. The van der Waals surface area contributed by atoms with Crippen molar-refractivity contribution in [1.29, 1.82) is 0 Å². The van der Waals surface area contributed by atoms with Crippen molar-refractivity contribution in [3.8, 4) is 5.75 Å². The topological polar surface area (TPSA) is 86.7 Å². The third-order valence-electron chi connectivity index (χ3n) is 3.46. The van der Waals surface area contributed by atoms with Crippen LogP contribution in [0.1, 0.15) is 16.6 Å². The van der Waals surface area contributed by atoms with Crippen molar-refractivity contribution >= 4 is 43.8 Å². The number of allylic oxidation sites excluding steroid dienone is 1. The predicted octanol–water partition coefficient (Wildman–Crippen LogP) is 4.00. The van der Waals surface area contributed by atoms with Gasteiger partial charge in [-0.25, -0.2) is 0 Å². The Bertz CT molecular complexity index is 1060. The summed E-state index contributed by atoms with van der Waals surface area (Å²) in [6.07, 6.45) is 1.72. The van der Waals surface area contributed by atoms with E-state index in [1.165, 1.54) is 23.5 Å². The highest BCUT2D eigenvalue weighted by atomic mass is 32.1. The quantitative estimate of drug-likeness (QED) is 0.362. The number of rotatable bonds is 6. The SMILES string of the molecule is C=CCn1c(=NC(=O)c2ccc([N+](=O)[O-])s2)sc2cc(OCC)ccc21. The Balaban J connectivity index is 2.07. The van der Waals surface area contributed by atoms with Gasteiger partial charge in [0.15, 0.2) is 4.80 Å². The average Bonchev–Trinajstić information content (AvgIpc) is 3.21. The van der Waals surface area contributed by atoms with Gasteiger partial charge in [-0.1, -0.05) is 28.7 Å². The fourth-order valence-corrected chi connectivity index (χ4v) is 4.15. The van der Waals surface area contributed by atoms with Crippen LogP contribution in [0.4, 0.5) is 5.00 Å². The molecule has 0 aliphatic carbocycles. The molecule has 0 saturated heterocycles. The number of nitrogens with zero attached hydrogens (tertiary/aromatic N) is 3. The number of fused-ring (bicyclic) bond motifs is 1. The van der Waals surface area contributed by atoms with Crippen LogP contribution in [0.2, 0.25) is 0 Å². The number of aromatic nitrogens is 1. The largest absolute Gasteiger partial charge is 0.494 e. The Morgan fingerprint density at radius 1 is 1.38 bits per heavy atom. The molecule has 0 saturated carbocycles. The molecule has 26 heavy (non-hydrogen) atoms. The van der Waals surface area contributed by atoms with Gasteiger partial charge in [0.1, 0.15) is 10.6 Å². The van der Waals surface area contributed by atoms with E-state index < -0.39 is 10.8 Å². The van der Waals surface area contributed by atoms with Crippen LogP contribution in [0.25, 0.3) is 10.2 Å². The third-order valence-corrected chi connectivity index (χ3v) is 5.52. The minimum Gasteiger partial charge on any atom is -0.494 e. The molecule has 0 bridgehead atoms. The molecular formula is C17H15N3O4S2. The van der Waals surface area contributed by atoms with E-state index in [2.05, 4.69) is 11.6 Å². The van der Waals surface area contributed by atoms with Gasteiger partial charge < -0.3 is 9.30 Å². The zero-order chi connectivity index (χ0) is 18.7. The summed E-state index contributed by atoms with van der Waals surface area (Å²) in [6.45, 7) is 6.72. The number of hydrogen-bond donors (Lipinski definition) is 0. The number of carbonyl (C=O) groups excluding carboxylic acids is 1. The average molecular weight is 389 g/mol. The van der Waals surface area contributed by atoms with E-state index in [0.717, 1.165) is 27.3 Å². The van der Waals surface area contributed by atoms with Crippen molar-refractivity contribution < 1.29 is 14.5 Å². The first-order valence-electron chi connectivity index (χ1n) is 7.74. The second-order valence-electron chi connectivity index (χ2n) is 5.16. The van der Waals surface area contributed by atoms with Crippen LogP contribution in [0.3, 0.4) is 0 Å². The zero-order valence-corrected chi connectivity index (χ0v) is 15.5. The maximum Gasteiger partial charge on any atom is 0.324 e. The molecule has 0 aliphatic heterocycles. The lowest BCUT2D eigenvalue weighted by molar-refractivity contribution is -0.380. The summed E-state index contributed by atoms with van der Waals surface area (Å²) in [5.74, 6) is 0.247. The minimum absolute atomic E-state index is 0.0831. The molecule has 0 fully saturated rings. The number of benzene rings is 1. The van der Waals surface area contributed by atoms with Crippen molar-refractivity contribution in [2.24, 2.45) is 4.99 Å². The maximum atomic E-state index is 12.4. The molecule has 3 rings (SSSR count). The molecule has 0 aliphatic rings. The maximum absolute atomic E-state index is 12.4. The Morgan fingerprint density at radius 2 is 2.19 bits per heavy atom. The molecule has 134 valence electrons. The van der Waals surface area contributed by atoms with Gasteiger partial charge in [-0.05, 0) is 31.2 Å². The molecule has 1 amide bonds. The smallest absolute Gasteiger partial charge is 0.324 e. The fraction of sp³-hybridized carbons (Fsp3) is 0.176. The van der Waals surface area contributed by atoms with Crippen LogP contribution in [-0.4, -0.2) is 22.0 Å². The molecule has 1 aromatic carbocycles. The lowest BCUT2D eigenvalue weighted by atomic mass is 10.3. The third kappa shape index (κ3) is 3.58. The summed E-state index contributed by atoms with van der Waals surface area (Å²) in [6, 6.07) is 8.42. The summed E-state index contributed by atoms with van der Waals surface area (Å²) in [7, 11) is 0. The Kier molecular flexibility index (Phi) is 5.29. The molecule has 0 N–H and O–H groups in total. The highest BCUT2D eigenvalue weighted by molar-refractivity contribution is 7.17. The van der Waals surface area contributed by atoms with E-state index in [4.69, 9.17) is 4.74 Å². The number of amides is 1. The van der Waals surface area contributed by atoms with E-state index in [9.17, 15) is 14.9 Å². The van der Waals surface area contributed by atoms with E-state index >= 15 is 0 Å². The number of hydrogen-bond acceptors (Lipinski definition) is 6. The molecule has 7 nitrogen and oxygen atoms in total. The van der Waals surface area contributed by atoms with Crippen LogP contribution < -0.4 is 9.54 Å². The zero-order valence-electron chi connectivity index (χ0n) is 13.9. The number of thiazole rings is 1. The van der Waals surface area contributed by atoms with E-state index in [1.807, 2.05) is 29.7 Å². The van der Waals surface area contributed by atoms with E-state index in [-0.39, 0.29) is 9.88 Å². The summed E-state index contributed by atoms with van der Waals surface area (Å²) >= 11 is 2.17. The summed E-state index contributed by atoms with van der Waals surface area (Å²) in [4.78, 5) is 27.6. The molecule has 9 heteroatoms. The molecule has 0 unspecified atom stereocenters. The summed E-state index contributed by atoms with van der Waals surface area (Å²) < 4.78 is 8.33. The van der Waals surface area contributed by atoms with Crippen LogP contribution >= 0.6 is 22.7 Å². The number of carbonyl (C=O) groups is 1. The van der Waals surface area contributed by atoms with Crippen molar-refractivity contribution in [3.63, 3.8) is 0 Å². The highest BCUT2D eigenvalue weighted by Crippen LogP contribution is 2.26. The van der Waals surface area contributed by atoms with Crippen molar-refractivity contribution in [1.82, 2.24) is 4.57 Å². The van der Waals surface area contributed by atoms with Gasteiger partial charge in [0.05, 0.1) is 21.7 Å². The molecule has 0 radical (unpaired) electrons. The van der Waals surface area contributed by atoms with Gasteiger partial charge in [-0.2, -0.15) is 4.99 Å². The monoisotopic (exact) mass is 389 g/mol. The van der Waals surface area contributed by atoms with Crippen molar-refractivity contribution in [3.05, 3.63) is 62.8 Å². The molecular weight excluding hydrogens is 374 g/mol. The lowest BCUT2D eigenvalue weighted by Crippen LogP contribution is -2.15. The summed E-state index contributed by atoms with van der Waals surface area (Å²) in [5.41, 5.74) is 0.919. The predicted molar refractivity (Wildman–Crippen MR) is 102 cm³/mol. The van der Waals surface area contributed by atoms with E-state index in [1.54, 1.807) is 6.08 Å². The van der Waals surface area contributed by atoms with E-state index in [0.29, 0.717) is 18.0 Å². The molecule has 3 aromatic rings. The second-order valence-corrected chi connectivity index (χ2v) is 7.23. The van der Waals surface area contributed by atoms with Crippen LogP contribution in [0, 0.1) is 10.1 Å². The Labute approximate surface area is 156 Å². The number of nitro groups is 1.